The summed E-state index contributed by atoms with van der Waals surface area (Å²) in [6.45, 7) is 3.96. The third-order valence-corrected chi connectivity index (χ3v) is 6.23. The van der Waals surface area contributed by atoms with Gasteiger partial charge in [-0.25, -0.2) is 4.79 Å². The van der Waals surface area contributed by atoms with Crippen molar-refractivity contribution in [3.63, 3.8) is 0 Å². The number of hydrogen-bond acceptors (Lipinski definition) is 4. The molecule has 1 aliphatic heterocycles. The first-order valence-electron chi connectivity index (χ1n) is 10.8. The van der Waals surface area contributed by atoms with E-state index in [1.165, 1.54) is 5.56 Å². The first-order valence-corrected chi connectivity index (χ1v) is 11.6. The van der Waals surface area contributed by atoms with Gasteiger partial charge in [-0.15, -0.1) is 0 Å². The van der Waals surface area contributed by atoms with Gasteiger partial charge in [0.1, 0.15) is 6.04 Å². The van der Waals surface area contributed by atoms with E-state index in [1.54, 1.807) is 17.0 Å². The van der Waals surface area contributed by atoms with Gasteiger partial charge in [0.15, 0.2) is 0 Å². The molecule has 3 N–H and O–H groups in total. The van der Waals surface area contributed by atoms with Crippen LogP contribution in [0.1, 0.15) is 40.1 Å². The number of aromatic amines is 1. The fourth-order valence-corrected chi connectivity index (χ4v) is 4.59. The number of amides is 2. The molecule has 1 aromatic heterocycles. The number of fused-ring (bicyclic) bond motifs is 3. The number of ether oxygens (including phenoxy) is 1. The van der Waals surface area contributed by atoms with E-state index in [4.69, 9.17) is 4.74 Å². The highest BCUT2D eigenvalue weighted by atomic mass is 79.9. The molecule has 2 amide bonds. The van der Waals surface area contributed by atoms with Crippen molar-refractivity contribution in [2.24, 2.45) is 0 Å². The van der Waals surface area contributed by atoms with Crippen LogP contribution in [0.25, 0.3) is 10.9 Å². The lowest BCUT2D eigenvalue weighted by atomic mass is 9.92. The lowest BCUT2D eigenvalue weighted by Crippen LogP contribution is -2.41. The molecule has 3 aromatic rings. The number of carbonyl (C=O) groups is 2. The van der Waals surface area contributed by atoms with E-state index in [-0.39, 0.29) is 18.0 Å². The number of aromatic nitrogens is 1. The molecule has 2 heterocycles. The molecule has 4 rings (SSSR count). The topological polar surface area (TPSA) is 86.5 Å². The number of rotatable bonds is 6. The highest BCUT2D eigenvalue weighted by Gasteiger charge is 2.35. The summed E-state index contributed by atoms with van der Waals surface area (Å²) in [5.74, 6) is -0.117. The fraction of sp³-hybridized carbons (Fsp3) is 0.333. The zero-order valence-corrected chi connectivity index (χ0v) is 19.8. The largest absolute Gasteiger partial charge is 0.450 e. The summed E-state index contributed by atoms with van der Waals surface area (Å²) in [5, 5.41) is 7.05. The number of benzene rings is 2. The molecule has 1 atom stereocenters. The number of H-pyrrole nitrogens is 1. The lowest BCUT2D eigenvalue weighted by molar-refractivity contribution is 0.0926. The van der Waals surface area contributed by atoms with Gasteiger partial charge in [0.05, 0.1) is 6.61 Å². The molecule has 0 radical (unpaired) electrons. The molecular formula is C24H27BrN4O3. The molecule has 1 unspecified atom stereocenters. The fourth-order valence-electron chi connectivity index (χ4n) is 4.23. The molecule has 2 aromatic carbocycles. The molecule has 0 saturated carbocycles. The van der Waals surface area contributed by atoms with Crippen LogP contribution in [0.4, 0.5) is 4.79 Å². The van der Waals surface area contributed by atoms with E-state index in [0.29, 0.717) is 31.8 Å². The molecule has 1 aliphatic rings. The summed E-state index contributed by atoms with van der Waals surface area (Å²) in [6, 6.07) is 13.3. The van der Waals surface area contributed by atoms with Gasteiger partial charge >= 0.3 is 6.09 Å². The van der Waals surface area contributed by atoms with Crippen molar-refractivity contribution in [3.05, 3.63) is 69.3 Å². The molecule has 168 valence electrons. The molecule has 0 fully saturated rings. The van der Waals surface area contributed by atoms with E-state index in [0.717, 1.165) is 33.1 Å². The standard InChI is InChI=1S/C24H27BrN4O3/c1-3-32-24(31)29-13-10-18-19-14-17(25)8-9-20(19)28-21(18)22(29)15-4-6-16(7-5-15)23(30)27-12-11-26-2/h4-9,14,22,26,28H,3,10-13H2,1-2H3,(H,27,30). The minimum atomic E-state index is -0.336. The van der Waals surface area contributed by atoms with Crippen LogP contribution >= 0.6 is 15.9 Å². The van der Waals surface area contributed by atoms with E-state index in [2.05, 4.69) is 37.6 Å². The minimum absolute atomic E-state index is 0.117. The molecule has 0 saturated heterocycles. The van der Waals surface area contributed by atoms with Gasteiger partial charge in [-0.3, -0.25) is 9.69 Å². The van der Waals surface area contributed by atoms with E-state index in [1.807, 2.05) is 38.2 Å². The Kier molecular flexibility index (Phi) is 6.81. The first-order chi connectivity index (χ1) is 15.5. The summed E-state index contributed by atoms with van der Waals surface area (Å²) in [7, 11) is 1.84. The summed E-state index contributed by atoms with van der Waals surface area (Å²) in [5.41, 5.74) is 4.75. The maximum atomic E-state index is 12.8. The number of likely N-dealkylation sites (N-methyl/N-ethyl adjacent to an activating group) is 1. The second-order valence-corrected chi connectivity index (χ2v) is 8.65. The number of halogens is 1. The summed E-state index contributed by atoms with van der Waals surface area (Å²) < 4.78 is 6.37. The normalized spacial score (nSPS) is 15.5. The van der Waals surface area contributed by atoms with Crippen LogP contribution in [0.15, 0.2) is 46.9 Å². The van der Waals surface area contributed by atoms with Crippen molar-refractivity contribution in [2.75, 3.05) is 33.3 Å². The van der Waals surface area contributed by atoms with Gasteiger partial charge in [-0.2, -0.15) is 0 Å². The van der Waals surface area contributed by atoms with Crippen LogP contribution in [0.3, 0.4) is 0 Å². The van der Waals surface area contributed by atoms with Crippen molar-refractivity contribution in [1.82, 2.24) is 20.5 Å². The summed E-state index contributed by atoms with van der Waals surface area (Å²) in [6.07, 6.45) is 0.407. The molecule has 7 nitrogen and oxygen atoms in total. The smallest absolute Gasteiger partial charge is 0.410 e. The monoisotopic (exact) mass is 498 g/mol. The summed E-state index contributed by atoms with van der Waals surface area (Å²) >= 11 is 3.56. The Morgan fingerprint density at radius 2 is 1.97 bits per heavy atom. The third kappa shape index (κ3) is 4.38. The molecule has 0 aliphatic carbocycles. The van der Waals surface area contributed by atoms with Gasteiger partial charge in [0, 0.05) is 46.3 Å². The quantitative estimate of drug-likeness (QED) is 0.448. The maximum Gasteiger partial charge on any atom is 0.410 e. The van der Waals surface area contributed by atoms with Gasteiger partial charge in [0.25, 0.3) is 5.91 Å². The Morgan fingerprint density at radius 3 is 2.69 bits per heavy atom. The van der Waals surface area contributed by atoms with Crippen molar-refractivity contribution >= 4 is 38.8 Å². The Labute approximate surface area is 195 Å². The van der Waals surface area contributed by atoms with Gasteiger partial charge in [-0.1, -0.05) is 28.1 Å². The number of hydrogen-bond donors (Lipinski definition) is 3. The predicted molar refractivity (Wildman–Crippen MR) is 128 cm³/mol. The Hall–Kier alpha value is -2.84. The van der Waals surface area contributed by atoms with Gasteiger partial charge in [-0.05, 0) is 61.9 Å². The second kappa shape index (κ2) is 9.75. The SMILES string of the molecule is CCOC(=O)N1CCc2c([nH]c3ccc(Br)cc23)C1c1ccc(C(=O)NCCNC)cc1. The maximum absolute atomic E-state index is 12.8. The van der Waals surface area contributed by atoms with E-state index in [9.17, 15) is 9.59 Å². The van der Waals surface area contributed by atoms with Crippen molar-refractivity contribution in [2.45, 2.75) is 19.4 Å². The lowest BCUT2D eigenvalue weighted by Gasteiger charge is -2.35. The molecular weight excluding hydrogens is 472 g/mol. The highest BCUT2D eigenvalue weighted by Crippen LogP contribution is 2.39. The number of carbonyl (C=O) groups excluding carboxylic acids is 2. The third-order valence-electron chi connectivity index (χ3n) is 5.74. The van der Waals surface area contributed by atoms with E-state index < -0.39 is 0 Å². The van der Waals surface area contributed by atoms with E-state index >= 15 is 0 Å². The average molecular weight is 499 g/mol. The van der Waals surface area contributed by atoms with Gasteiger partial charge in [0.2, 0.25) is 0 Å². The molecule has 8 heteroatoms. The van der Waals surface area contributed by atoms with Crippen molar-refractivity contribution in [3.8, 4) is 0 Å². The zero-order valence-electron chi connectivity index (χ0n) is 18.2. The Morgan fingerprint density at radius 1 is 1.19 bits per heavy atom. The van der Waals surface area contributed by atoms with Crippen LogP contribution in [-0.2, 0) is 11.2 Å². The Balaban J connectivity index is 1.71. The molecule has 32 heavy (non-hydrogen) atoms. The predicted octanol–water partition coefficient (Wildman–Crippen LogP) is 3.98. The van der Waals surface area contributed by atoms with Crippen LogP contribution in [0.2, 0.25) is 0 Å². The Bertz CT molecular complexity index is 1130. The van der Waals surface area contributed by atoms with Crippen LogP contribution in [0.5, 0.6) is 0 Å². The number of nitrogens with zero attached hydrogens (tertiary/aromatic N) is 1. The summed E-state index contributed by atoms with van der Waals surface area (Å²) in [4.78, 5) is 30.5. The molecule has 0 spiro atoms. The zero-order chi connectivity index (χ0) is 22.7. The van der Waals surface area contributed by atoms with Crippen LogP contribution in [0, 0.1) is 0 Å². The second-order valence-electron chi connectivity index (χ2n) is 7.73. The number of nitrogens with one attached hydrogen (secondary N) is 3. The minimum Gasteiger partial charge on any atom is -0.450 e. The van der Waals surface area contributed by atoms with Gasteiger partial charge < -0.3 is 20.4 Å². The molecule has 0 bridgehead atoms. The highest BCUT2D eigenvalue weighted by molar-refractivity contribution is 9.10. The van der Waals surface area contributed by atoms with Crippen LogP contribution in [-0.4, -0.2) is 55.2 Å². The van der Waals surface area contributed by atoms with Crippen molar-refractivity contribution in [1.29, 1.82) is 0 Å². The first kappa shape index (κ1) is 22.4. The average Bonchev–Trinajstić information content (AvgIpc) is 3.16. The van der Waals surface area contributed by atoms with Crippen LogP contribution < -0.4 is 10.6 Å². The van der Waals surface area contributed by atoms with Crippen molar-refractivity contribution < 1.29 is 14.3 Å².